The van der Waals surface area contributed by atoms with Gasteiger partial charge in [-0.25, -0.2) is 4.39 Å². The Bertz CT molecular complexity index is 375. The average Bonchev–Trinajstić information content (AvgIpc) is 2.27. The van der Waals surface area contributed by atoms with Crippen LogP contribution in [0.1, 0.15) is 25.0 Å². The van der Waals surface area contributed by atoms with Crippen LogP contribution in [-0.4, -0.2) is 23.0 Å². The number of benzene rings is 1. The van der Waals surface area contributed by atoms with Crippen LogP contribution in [0.2, 0.25) is 0 Å². The molecule has 1 rings (SSSR count). The van der Waals surface area contributed by atoms with Gasteiger partial charge in [0.05, 0.1) is 0 Å². The van der Waals surface area contributed by atoms with Gasteiger partial charge < -0.3 is 5.73 Å². The summed E-state index contributed by atoms with van der Waals surface area (Å²) in [5.74, 6) is -0.351. The number of hydrogen-bond acceptors (Lipinski definition) is 2. The average molecular weight is 240 g/mol. The molecule has 0 radical (unpaired) electrons. The molecule has 0 atom stereocenters. The second-order valence-corrected chi connectivity index (χ2v) is 4.08. The Labute approximate surface area is 101 Å². The minimum absolute atomic E-state index is 0.110. The van der Waals surface area contributed by atoms with E-state index in [9.17, 15) is 4.39 Å². The van der Waals surface area contributed by atoms with Gasteiger partial charge in [0.2, 0.25) is 0 Å². The second kappa shape index (κ2) is 5.92. The van der Waals surface area contributed by atoms with E-state index in [1.54, 1.807) is 12.1 Å². The Morgan fingerprint density at radius 2 is 2.00 bits per heavy atom. The Morgan fingerprint density at radius 3 is 2.50 bits per heavy atom. The van der Waals surface area contributed by atoms with Crippen LogP contribution in [0.4, 0.5) is 4.39 Å². The van der Waals surface area contributed by atoms with E-state index in [4.69, 9.17) is 18.0 Å². The maximum atomic E-state index is 13.3. The lowest BCUT2D eigenvalue weighted by molar-refractivity contribution is 0.296. The van der Waals surface area contributed by atoms with Crippen LogP contribution in [0, 0.1) is 5.82 Å². The first-order chi connectivity index (χ1) is 7.58. The van der Waals surface area contributed by atoms with Crippen molar-refractivity contribution in [2.45, 2.75) is 20.4 Å². The molecule has 0 aliphatic carbocycles. The van der Waals surface area contributed by atoms with E-state index in [0.717, 1.165) is 25.2 Å². The summed E-state index contributed by atoms with van der Waals surface area (Å²) >= 11 is 4.80. The van der Waals surface area contributed by atoms with Gasteiger partial charge in [-0.1, -0.05) is 32.1 Å². The van der Waals surface area contributed by atoms with E-state index in [1.165, 1.54) is 6.07 Å². The molecule has 88 valence electrons. The summed E-state index contributed by atoms with van der Waals surface area (Å²) in [6, 6.07) is 4.93. The first kappa shape index (κ1) is 13.1. The van der Waals surface area contributed by atoms with Crippen LogP contribution in [0.15, 0.2) is 18.2 Å². The first-order valence-electron chi connectivity index (χ1n) is 5.39. The molecule has 16 heavy (non-hydrogen) atoms. The highest BCUT2D eigenvalue weighted by atomic mass is 32.1. The van der Waals surface area contributed by atoms with Gasteiger partial charge in [-0.2, -0.15) is 0 Å². The predicted octanol–water partition coefficient (Wildman–Crippen LogP) is 2.30. The lowest BCUT2D eigenvalue weighted by atomic mass is 10.1. The largest absolute Gasteiger partial charge is 0.389 e. The van der Waals surface area contributed by atoms with Crippen LogP contribution < -0.4 is 5.73 Å². The smallest absolute Gasteiger partial charge is 0.133 e. The van der Waals surface area contributed by atoms with E-state index in [1.807, 2.05) is 0 Å². The zero-order valence-electron chi connectivity index (χ0n) is 9.66. The molecule has 2 nitrogen and oxygen atoms in total. The van der Waals surface area contributed by atoms with Crippen molar-refractivity contribution in [2.75, 3.05) is 13.1 Å². The third kappa shape index (κ3) is 3.25. The summed E-state index contributed by atoms with van der Waals surface area (Å²) in [6.07, 6.45) is 0. The van der Waals surface area contributed by atoms with E-state index in [2.05, 4.69) is 18.7 Å². The lowest BCUT2D eigenvalue weighted by Gasteiger charge is -2.18. The summed E-state index contributed by atoms with van der Waals surface area (Å²) in [6.45, 7) is 6.93. The molecule has 0 amide bonds. The number of hydrogen-bond donors (Lipinski definition) is 1. The third-order valence-electron chi connectivity index (χ3n) is 2.60. The molecule has 0 aliphatic rings. The van der Waals surface area contributed by atoms with E-state index >= 15 is 0 Å². The number of halogens is 1. The van der Waals surface area contributed by atoms with Crippen molar-refractivity contribution in [1.29, 1.82) is 0 Å². The maximum absolute atomic E-state index is 13.3. The molecule has 0 aliphatic heterocycles. The summed E-state index contributed by atoms with van der Waals surface area (Å²) in [5.41, 5.74) is 6.83. The topological polar surface area (TPSA) is 29.3 Å². The number of thiocarbonyl (C=S) groups is 1. The normalized spacial score (nSPS) is 10.8. The van der Waals surface area contributed by atoms with Gasteiger partial charge in [0.1, 0.15) is 10.8 Å². The standard InChI is InChI=1S/C12H17FN2S/c1-3-15(4-2)8-9-5-6-11(13)10(7-9)12(14)16/h5-7H,3-4,8H2,1-2H3,(H2,14,16). The Kier molecular flexibility index (Phi) is 4.83. The number of rotatable bonds is 5. The third-order valence-corrected chi connectivity index (χ3v) is 2.82. The number of nitrogens with two attached hydrogens (primary N) is 1. The molecule has 0 saturated carbocycles. The van der Waals surface area contributed by atoms with Gasteiger partial charge in [-0.15, -0.1) is 0 Å². The molecule has 0 aromatic heterocycles. The Morgan fingerprint density at radius 1 is 1.38 bits per heavy atom. The quantitative estimate of drug-likeness (QED) is 0.801. The van der Waals surface area contributed by atoms with Crippen molar-refractivity contribution >= 4 is 17.2 Å². The van der Waals surface area contributed by atoms with Crippen molar-refractivity contribution in [3.63, 3.8) is 0 Å². The van der Waals surface area contributed by atoms with E-state index < -0.39 is 0 Å². The van der Waals surface area contributed by atoms with Crippen LogP contribution in [0.25, 0.3) is 0 Å². The highest BCUT2D eigenvalue weighted by Crippen LogP contribution is 2.12. The minimum Gasteiger partial charge on any atom is -0.389 e. The van der Waals surface area contributed by atoms with Crippen LogP contribution in [0.5, 0.6) is 0 Å². The van der Waals surface area contributed by atoms with E-state index in [-0.39, 0.29) is 10.8 Å². The van der Waals surface area contributed by atoms with Gasteiger partial charge in [0.15, 0.2) is 0 Å². The lowest BCUT2D eigenvalue weighted by Crippen LogP contribution is -2.22. The Balaban J connectivity index is 2.90. The molecule has 0 bridgehead atoms. The second-order valence-electron chi connectivity index (χ2n) is 3.64. The predicted molar refractivity (Wildman–Crippen MR) is 68.9 cm³/mol. The molecule has 1 aromatic rings. The van der Waals surface area contributed by atoms with Gasteiger partial charge in [0, 0.05) is 12.1 Å². The molecule has 0 fully saturated rings. The molecular weight excluding hydrogens is 223 g/mol. The summed E-state index contributed by atoms with van der Waals surface area (Å²) in [5, 5.41) is 0. The molecule has 4 heteroatoms. The van der Waals surface area contributed by atoms with E-state index in [0.29, 0.717) is 5.56 Å². The van der Waals surface area contributed by atoms with Gasteiger partial charge >= 0.3 is 0 Å². The van der Waals surface area contributed by atoms with Gasteiger partial charge in [0.25, 0.3) is 0 Å². The summed E-state index contributed by atoms with van der Waals surface area (Å²) in [4.78, 5) is 2.36. The van der Waals surface area contributed by atoms with Crippen LogP contribution in [0.3, 0.4) is 0 Å². The zero-order valence-corrected chi connectivity index (χ0v) is 10.5. The summed E-state index contributed by atoms with van der Waals surface area (Å²) in [7, 11) is 0. The van der Waals surface area contributed by atoms with Gasteiger partial charge in [-0.3, -0.25) is 4.90 Å². The fourth-order valence-electron chi connectivity index (χ4n) is 1.57. The maximum Gasteiger partial charge on any atom is 0.133 e. The van der Waals surface area contributed by atoms with Crippen molar-refractivity contribution in [1.82, 2.24) is 4.90 Å². The number of nitrogens with zero attached hydrogens (tertiary/aromatic N) is 1. The monoisotopic (exact) mass is 240 g/mol. The molecule has 0 unspecified atom stereocenters. The van der Waals surface area contributed by atoms with Gasteiger partial charge in [-0.05, 0) is 30.8 Å². The molecule has 0 spiro atoms. The Hall–Kier alpha value is -1.00. The highest BCUT2D eigenvalue weighted by Gasteiger charge is 2.07. The zero-order chi connectivity index (χ0) is 12.1. The van der Waals surface area contributed by atoms with Crippen molar-refractivity contribution < 1.29 is 4.39 Å². The molecular formula is C12H17FN2S. The van der Waals surface area contributed by atoms with Crippen molar-refractivity contribution in [2.24, 2.45) is 5.73 Å². The van der Waals surface area contributed by atoms with Crippen LogP contribution in [-0.2, 0) is 6.54 Å². The molecule has 2 N–H and O–H groups in total. The minimum atomic E-state index is -0.351. The first-order valence-corrected chi connectivity index (χ1v) is 5.79. The van der Waals surface area contributed by atoms with Crippen LogP contribution >= 0.6 is 12.2 Å². The van der Waals surface area contributed by atoms with Crippen molar-refractivity contribution in [3.8, 4) is 0 Å². The van der Waals surface area contributed by atoms with Crippen molar-refractivity contribution in [3.05, 3.63) is 35.1 Å². The molecule has 0 saturated heterocycles. The molecule has 0 heterocycles. The fourth-order valence-corrected chi connectivity index (χ4v) is 1.72. The highest BCUT2D eigenvalue weighted by molar-refractivity contribution is 7.80. The summed E-state index contributed by atoms with van der Waals surface area (Å²) < 4.78 is 13.3. The molecule has 1 aromatic carbocycles. The SMILES string of the molecule is CCN(CC)Cc1ccc(F)c(C(N)=S)c1. The fraction of sp³-hybridized carbons (Fsp3) is 0.417.